The minimum absolute atomic E-state index is 0.0371. The summed E-state index contributed by atoms with van der Waals surface area (Å²) in [7, 11) is 0. The maximum Gasteiger partial charge on any atom is 0.332 e. The number of hydrogen-bond donors (Lipinski definition) is 1. The quantitative estimate of drug-likeness (QED) is 0.752. The van der Waals surface area contributed by atoms with E-state index in [2.05, 4.69) is 5.32 Å². The highest BCUT2D eigenvalue weighted by molar-refractivity contribution is 5.91. The van der Waals surface area contributed by atoms with Crippen LogP contribution < -0.4 is 16.6 Å². The number of para-hydroxylation sites is 2. The summed E-state index contributed by atoms with van der Waals surface area (Å²) >= 11 is 0. The Labute approximate surface area is 154 Å². The fraction of sp³-hybridized carbons (Fsp3) is 0.250. The van der Waals surface area contributed by atoms with Gasteiger partial charge in [0.15, 0.2) is 0 Å². The first-order valence-electron chi connectivity index (χ1n) is 8.72. The summed E-state index contributed by atoms with van der Waals surface area (Å²) in [6.45, 7) is 3.33. The molecular formula is C20H20FN3O3. The summed E-state index contributed by atoms with van der Waals surface area (Å²) in [4.78, 5) is 38.1. The summed E-state index contributed by atoms with van der Waals surface area (Å²) in [6.07, 6.45) is 0.592. The second-order valence-electron chi connectivity index (χ2n) is 6.35. The zero-order valence-corrected chi connectivity index (χ0v) is 15.1. The first kappa shape index (κ1) is 18.6. The van der Waals surface area contributed by atoms with Gasteiger partial charge in [0.2, 0.25) is 5.91 Å². The molecule has 0 radical (unpaired) electrons. The minimum Gasteiger partial charge on any atom is -0.322 e. The Balaban J connectivity index is 2.08. The molecule has 1 aromatic heterocycles. The van der Waals surface area contributed by atoms with Crippen LogP contribution in [0.3, 0.4) is 0 Å². The lowest BCUT2D eigenvalue weighted by molar-refractivity contribution is -0.116. The molecule has 1 heterocycles. The number of nitrogens with one attached hydrogen (secondary N) is 1. The number of aromatic nitrogens is 2. The predicted octanol–water partition coefficient (Wildman–Crippen LogP) is 2.91. The van der Waals surface area contributed by atoms with Crippen molar-refractivity contribution in [1.82, 2.24) is 9.13 Å². The van der Waals surface area contributed by atoms with Gasteiger partial charge >= 0.3 is 5.69 Å². The van der Waals surface area contributed by atoms with E-state index >= 15 is 0 Å². The Morgan fingerprint density at radius 3 is 2.48 bits per heavy atom. The first-order valence-corrected chi connectivity index (χ1v) is 8.72. The van der Waals surface area contributed by atoms with E-state index in [-0.39, 0.29) is 23.8 Å². The fourth-order valence-electron chi connectivity index (χ4n) is 2.96. The zero-order chi connectivity index (χ0) is 19.6. The highest BCUT2D eigenvalue weighted by Gasteiger charge is 2.18. The SMILES string of the molecule is CC[C@@H](C)n1c(=O)c2ccccc2n(CC(=O)Nc2ccccc2F)c1=O. The summed E-state index contributed by atoms with van der Waals surface area (Å²) < 4.78 is 16.2. The number of carbonyl (C=O) groups is 1. The zero-order valence-electron chi connectivity index (χ0n) is 15.1. The van der Waals surface area contributed by atoms with Gasteiger partial charge in [-0.05, 0) is 37.6 Å². The number of carbonyl (C=O) groups excluding carboxylic acids is 1. The minimum atomic E-state index is -0.562. The molecule has 140 valence electrons. The maximum atomic E-state index is 13.8. The molecular weight excluding hydrogens is 349 g/mol. The lowest BCUT2D eigenvalue weighted by atomic mass is 10.2. The van der Waals surface area contributed by atoms with Crippen LogP contribution in [-0.2, 0) is 11.3 Å². The lowest BCUT2D eigenvalue weighted by Gasteiger charge is -2.17. The van der Waals surface area contributed by atoms with E-state index in [1.54, 1.807) is 37.3 Å². The van der Waals surface area contributed by atoms with Crippen molar-refractivity contribution in [3.63, 3.8) is 0 Å². The van der Waals surface area contributed by atoms with Crippen molar-refractivity contribution in [3.05, 3.63) is 75.2 Å². The monoisotopic (exact) mass is 369 g/mol. The molecule has 3 rings (SSSR count). The second kappa shape index (κ2) is 7.57. The van der Waals surface area contributed by atoms with Gasteiger partial charge in [-0.25, -0.2) is 9.18 Å². The number of rotatable bonds is 5. The van der Waals surface area contributed by atoms with E-state index in [1.807, 2.05) is 6.92 Å². The van der Waals surface area contributed by atoms with Gasteiger partial charge in [0, 0.05) is 6.04 Å². The lowest BCUT2D eigenvalue weighted by Crippen LogP contribution is -2.43. The number of anilines is 1. The normalized spacial score (nSPS) is 12.1. The van der Waals surface area contributed by atoms with E-state index in [9.17, 15) is 18.8 Å². The Bertz CT molecular complexity index is 1120. The Morgan fingerprint density at radius 2 is 1.78 bits per heavy atom. The smallest absolute Gasteiger partial charge is 0.322 e. The van der Waals surface area contributed by atoms with Gasteiger partial charge in [0.25, 0.3) is 5.56 Å². The van der Waals surface area contributed by atoms with Gasteiger partial charge in [0.1, 0.15) is 12.4 Å². The summed E-state index contributed by atoms with van der Waals surface area (Å²) in [5, 5.41) is 2.82. The summed E-state index contributed by atoms with van der Waals surface area (Å²) in [5.41, 5.74) is -0.529. The van der Waals surface area contributed by atoms with E-state index in [0.717, 1.165) is 0 Å². The van der Waals surface area contributed by atoms with E-state index in [0.29, 0.717) is 17.3 Å². The molecule has 6 nitrogen and oxygen atoms in total. The summed E-state index contributed by atoms with van der Waals surface area (Å²) in [6, 6.07) is 12.1. The summed E-state index contributed by atoms with van der Waals surface area (Å²) in [5.74, 6) is -1.12. The van der Waals surface area contributed by atoms with Gasteiger partial charge < -0.3 is 5.32 Å². The fourth-order valence-corrected chi connectivity index (χ4v) is 2.96. The molecule has 0 fully saturated rings. The molecule has 0 spiro atoms. The van der Waals surface area contributed by atoms with Crippen molar-refractivity contribution in [1.29, 1.82) is 0 Å². The molecule has 0 saturated carbocycles. The van der Waals surface area contributed by atoms with Crippen LogP contribution in [0.4, 0.5) is 10.1 Å². The largest absolute Gasteiger partial charge is 0.332 e. The molecule has 0 aliphatic heterocycles. The molecule has 0 aliphatic rings. The average Bonchev–Trinajstić information content (AvgIpc) is 2.67. The van der Waals surface area contributed by atoms with Crippen LogP contribution in [0.5, 0.6) is 0 Å². The van der Waals surface area contributed by atoms with Gasteiger partial charge in [-0.2, -0.15) is 0 Å². The van der Waals surface area contributed by atoms with Crippen molar-refractivity contribution in [3.8, 4) is 0 Å². The van der Waals surface area contributed by atoms with Gasteiger partial charge in [-0.15, -0.1) is 0 Å². The number of fused-ring (bicyclic) bond motifs is 1. The molecule has 1 atom stereocenters. The second-order valence-corrected chi connectivity index (χ2v) is 6.35. The highest BCUT2D eigenvalue weighted by atomic mass is 19.1. The molecule has 0 aliphatic carbocycles. The molecule has 3 aromatic rings. The van der Waals surface area contributed by atoms with Crippen molar-refractivity contribution in [2.75, 3.05) is 5.32 Å². The Kier molecular flexibility index (Phi) is 5.21. The van der Waals surface area contributed by atoms with E-state index < -0.39 is 17.4 Å². The van der Waals surface area contributed by atoms with Crippen LogP contribution in [0.2, 0.25) is 0 Å². The highest BCUT2D eigenvalue weighted by Crippen LogP contribution is 2.14. The van der Waals surface area contributed by atoms with Crippen LogP contribution in [0.1, 0.15) is 26.3 Å². The number of halogens is 1. The van der Waals surface area contributed by atoms with Crippen molar-refractivity contribution >= 4 is 22.5 Å². The van der Waals surface area contributed by atoms with Gasteiger partial charge in [0.05, 0.1) is 16.6 Å². The maximum absolute atomic E-state index is 13.8. The third kappa shape index (κ3) is 3.53. The predicted molar refractivity (Wildman–Crippen MR) is 102 cm³/mol. The van der Waals surface area contributed by atoms with Crippen LogP contribution in [-0.4, -0.2) is 15.0 Å². The molecule has 7 heteroatoms. The van der Waals surface area contributed by atoms with Gasteiger partial charge in [-0.1, -0.05) is 31.2 Å². The van der Waals surface area contributed by atoms with Crippen molar-refractivity contribution in [2.45, 2.75) is 32.9 Å². The van der Waals surface area contributed by atoms with E-state index in [4.69, 9.17) is 0 Å². The van der Waals surface area contributed by atoms with Crippen molar-refractivity contribution in [2.24, 2.45) is 0 Å². The standard InChI is InChI=1S/C20H20FN3O3/c1-3-13(2)24-19(26)14-8-4-7-11-17(14)23(20(24)27)12-18(25)22-16-10-6-5-9-15(16)21/h4-11,13H,3,12H2,1-2H3,(H,22,25)/t13-/m1/s1. The number of nitrogens with zero attached hydrogens (tertiary/aromatic N) is 2. The van der Waals surface area contributed by atoms with Gasteiger partial charge in [-0.3, -0.25) is 18.7 Å². The van der Waals surface area contributed by atoms with Crippen LogP contribution in [0.15, 0.2) is 58.1 Å². The third-order valence-corrected chi connectivity index (χ3v) is 4.56. The topological polar surface area (TPSA) is 73.1 Å². The Hall–Kier alpha value is -3.22. The first-order chi connectivity index (χ1) is 12.9. The average molecular weight is 369 g/mol. The molecule has 0 unspecified atom stereocenters. The van der Waals surface area contributed by atoms with Crippen LogP contribution in [0.25, 0.3) is 10.9 Å². The van der Waals surface area contributed by atoms with Crippen molar-refractivity contribution < 1.29 is 9.18 Å². The molecule has 1 amide bonds. The van der Waals surface area contributed by atoms with E-state index in [1.165, 1.54) is 27.3 Å². The molecule has 0 bridgehead atoms. The number of amides is 1. The third-order valence-electron chi connectivity index (χ3n) is 4.56. The number of benzene rings is 2. The molecule has 2 aromatic carbocycles. The van der Waals surface area contributed by atoms with Crippen LogP contribution >= 0.6 is 0 Å². The molecule has 27 heavy (non-hydrogen) atoms. The Morgan fingerprint density at radius 1 is 1.11 bits per heavy atom. The molecule has 1 N–H and O–H groups in total. The molecule has 0 saturated heterocycles. The van der Waals surface area contributed by atoms with Crippen LogP contribution in [0, 0.1) is 5.82 Å². The number of hydrogen-bond acceptors (Lipinski definition) is 3.